The van der Waals surface area contributed by atoms with E-state index in [0.29, 0.717) is 0 Å². The number of hydrogen-bond acceptors (Lipinski definition) is 6. The minimum Gasteiger partial charge on any atom is -0.468 e. The van der Waals surface area contributed by atoms with Gasteiger partial charge in [0.25, 0.3) is 0 Å². The van der Waals surface area contributed by atoms with Crippen LogP contribution in [0.15, 0.2) is 11.5 Å². The zero-order valence-electron chi connectivity index (χ0n) is 8.88. The first-order valence-electron chi connectivity index (χ1n) is 4.40. The number of aromatic nitrogens is 3. The molecule has 0 amide bonds. The largest absolute Gasteiger partial charge is 0.468 e. The van der Waals surface area contributed by atoms with Crippen LogP contribution in [-0.2, 0) is 16.6 Å². The minimum absolute atomic E-state index is 0.111. The number of ether oxygens (including phenoxy) is 1. The molecule has 0 spiro atoms. The van der Waals surface area contributed by atoms with Crippen molar-refractivity contribution in [3.8, 4) is 0 Å². The van der Waals surface area contributed by atoms with E-state index in [9.17, 15) is 4.79 Å². The molecule has 0 aliphatic heterocycles. The molecule has 0 radical (unpaired) electrons. The summed E-state index contributed by atoms with van der Waals surface area (Å²) in [6.07, 6.45) is 1.60. The van der Waals surface area contributed by atoms with Gasteiger partial charge in [-0.15, -0.1) is 10.2 Å². The molecule has 0 bridgehead atoms. The van der Waals surface area contributed by atoms with Gasteiger partial charge in [0, 0.05) is 12.3 Å². The van der Waals surface area contributed by atoms with Crippen molar-refractivity contribution in [3.63, 3.8) is 0 Å². The third kappa shape index (κ3) is 2.93. The number of carbonyl (C=O) groups excluding carboxylic acids is 1. The maximum atomic E-state index is 11.2. The zero-order valence-corrected chi connectivity index (χ0v) is 9.69. The molecule has 1 aromatic rings. The van der Waals surface area contributed by atoms with Crippen LogP contribution >= 0.6 is 11.8 Å². The van der Waals surface area contributed by atoms with E-state index < -0.39 is 12.0 Å². The van der Waals surface area contributed by atoms with E-state index in [2.05, 4.69) is 14.9 Å². The van der Waals surface area contributed by atoms with E-state index in [1.54, 1.807) is 10.9 Å². The SMILES string of the molecule is COC(=O)C(N)C(C)Sc1nncn1C. The molecular weight excluding hydrogens is 216 g/mol. The smallest absolute Gasteiger partial charge is 0.323 e. The molecule has 0 saturated heterocycles. The molecule has 7 heteroatoms. The summed E-state index contributed by atoms with van der Waals surface area (Å²) in [7, 11) is 3.15. The Morgan fingerprint density at radius 2 is 2.40 bits per heavy atom. The van der Waals surface area contributed by atoms with Gasteiger partial charge in [0.2, 0.25) is 0 Å². The number of methoxy groups -OCH3 is 1. The molecule has 2 unspecified atom stereocenters. The number of rotatable bonds is 4. The molecule has 1 aromatic heterocycles. The zero-order chi connectivity index (χ0) is 11.4. The van der Waals surface area contributed by atoms with Crippen molar-refractivity contribution < 1.29 is 9.53 Å². The Morgan fingerprint density at radius 3 is 2.87 bits per heavy atom. The second kappa shape index (κ2) is 5.13. The molecule has 0 saturated carbocycles. The Morgan fingerprint density at radius 1 is 1.73 bits per heavy atom. The molecule has 6 nitrogen and oxygen atoms in total. The van der Waals surface area contributed by atoms with Gasteiger partial charge in [0.15, 0.2) is 5.16 Å². The summed E-state index contributed by atoms with van der Waals surface area (Å²) in [6, 6.07) is -0.656. The van der Waals surface area contributed by atoms with Crippen LogP contribution in [-0.4, -0.2) is 39.1 Å². The minimum atomic E-state index is -0.656. The molecular formula is C8H14N4O2S. The lowest BCUT2D eigenvalue weighted by Crippen LogP contribution is -2.39. The highest BCUT2D eigenvalue weighted by molar-refractivity contribution is 7.99. The molecule has 0 aromatic carbocycles. The van der Waals surface area contributed by atoms with E-state index in [0.717, 1.165) is 5.16 Å². The lowest BCUT2D eigenvalue weighted by Gasteiger charge is -2.15. The monoisotopic (exact) mass is 230 g/mol. The summed E-state index contributed by atoms with van der Waals surface area (Å²) < 4.78 is 6.33. The lowest BCUT2D eigenvalue weighted by molar-refractivity contribution is -0.142. The first kappa shape index (κ1) is 12.0. The maximum Gasteiger partial charge on any atom is 0.323 e. The van der Waals surface area contributed by atoms with Crippen LogP contribution in [0.25, 0.3) is 0 Å². The van der Waals surface area contributed by atoms with Crippen LogP contribution in [0.1, 0.15) is 6.92 Å². The van der Waals surface area contributed by atoms with Crippen molar-refractivity contribution in [1.29, 1.82) is 0 Å². The van der Waals surface area contributed by atoms with Crippen LogP contribution in [0, 0.1) is 0 Å². The number of carbonyl (C=O) groups is 1. The Labute approximate surface area is 92.2 Å². The third-order valence-electron chi connectivity index (χ3n) is 1.94. The number of nitrogens with zero attached hydrogens (tertiary/aromatic N) is 3. The second-order valence-corrected chi connectivity index (χ2v) is 4.44. The molecule has 0 fully saturated rings. The standard InChI is InChI=1S/C8H14N4O2S/c1-5(6(9)7(13)14-3)15-8-11-10-4-12(8)2/h4-6H,9H2,1-3H3. The molecule has 1 rings (SSSR count). The van der Waals surface area contributed by atoms with E-state index in [-0.39, 0.29) is 5.25 Å². The predicted octanol–water partition coefficient (Wildman–Crippen LogP) is -0.204. The second-order valence-electron chi connectivity index (χ2n) is 3.10. The molecule has 1 heterocycles. The molecule has 84 valence electrons. The van der Waals surface area contributed by atoms with Crippen LogP contribution in [0.4, 0.5) is 0 Å². The lowest BCUT2D eigenvalue weighted by atomic mass is 10.2. The summed E-state index contributed by atoms with van der Waals surface area (Å²) in [5.41, 5.74) is 5.69. The average Bonchev–Trinajstić information content (AvgIpc) is 2.62. The van der Waals surface area contributed by atoms with Crippen molar-refractivity contribution in [2.45, 2.75) is 23.4 Å². The van der Waals surface area contributed by atoms with Crippen molar-refractivity contribution in [1.82, 2.24) is 14.8 Å². The predicted molar refractivity (Wildman–Crippen MR) is 56.3 cm³/mol. The fourth-order valence-corrected chi connectivity index (χ4v) is 1.84. The van der Waals surface area contributed by atoms with Gasteiger partial charge < -0.3 is 15.0 Å². The maximum absolute atomic E-state index is 11.2. The van der Waals surface area contributed by atoms with Gasteiger partial charge in [0.05, 0.1) is 7.11 Å². The topological polar surface area (TPSA) is 83.0 Å². The Balaban J connectivity index is 2.59. The molecule has 15 heavy (non-hydrogen) atoms. The third-order valence-corrected chi connectivity index (χ3v) is 3.19. The van der Waals surface area contributed by atoms with E-state index in [1.165, 1.54) is 18.9 Å². The van der Waals surface area contributed by atoms with Crippen LogP contribution in [0.2, 0.25) is 0 Å². The summed E-state index contributed by atoms with van der Waals surface area (Å²) in [6.45, 7) is 1.85. The van der Waals surface area contributed by atoms with Gasteiger partial charge in [0.1, 0.15) is 12.4 Å². The number of aryl methyl sites for hydroxylation is 1. The average molecular weight is 230 g/mol. The van der Waals surface area contributed by atoms with Gasteiger partial charge in [-0.3, -0.25) is 4.79 Å². The van der Waals surface area contributed by atoms with Crippen molar-refractivity contribution >= 4 is 17.7 Å². The van der Waals surface area contributed by atoms with Crippen molar-refractivity contribution in [2.24, 2.45) is 12.8 Å². The highest BCUT2D eigenvalue weighted by Crippen LogP contribution is 2.21. The Hall–Kier alpha value is -1.08. The van der Waals surface area contributed by atoms with E-state index in [4.69, 9.17) is 5.73 Å². The fourth-order valence-electron chi connectivity index (χ4n) is 0.947. The Bertz CT molecular complexity index is 341. The first-order valence-corrected chi connectivity index (χ1v) is 5.28. The molecule has 0 aliphatic rings. The van der Waals surface area contributed by atoms with Gasteiger partial charge >= 0.3 is 5.97 Å². The van der Waals surface area contributed by atoms with Gasteiger partial charge in [-0.1, -0.05) is 18.7 Å². The highest BCUT2D eigenvalue weighted by atomic mass is 32.2. The van der Waals surface area contributed by atoms with Gasteiger partial charge in [-0.2, -0.15) is 0 Å². The number of nitrogens with two attached hydrogens (primary N) is 1. The number of thioether (sulfide) groups is 1. The molecule has 2 N–H and O–H groups in total. The fraction of sp³-hybridized carbons (Fsp3) is 0.625. The number of hydrogen-bond donors (Lipinski definition) is 1. The van der Waals surface area contributed by atoms with Crippen LogP contribution in [0.5, 0.6) is 0 Å². The molecule has 2 atom stereocenters. The van der Waals surface area contributed by atoms with E-state index >= 15 is 0 Å². The summed E-state index contributed by atoms with van der Waals surface area (Å²) >= 11 is 1.39. The molecule has 0 aliphatic carbocycles. The summed E-state index contributed by atoms with van der Waals surface area (Å²) in [5, 5.41) is 8.24. The quantitative estimate of drug-likeness (QED) is 0.569. The highest BCUT2D eigenvalue weighted by Gasteiger charge is 2.23. The number of esters is 1. The first-order chi connectivity index (χ1) is 7.06. The van der Waals surface area contributed by atoms with E-state index in [1.807, 2.05) is 14.0 Å². The van der Waals surface area contributed by atoms with Crippen LogP contribution < -0.4 is 5.73 Å². The van der Waals surface area contributed by atoms with Crippen LogP contribution in [0.3, 0.4) is 0 Å². The van der Waals surface area contributed by atoms with Gasteiger partial charge in [-0.25, -0.2) is 0 Å². The van der Waals surface area contributed by atoms with Crippen molar-refractivity contribution in [2.75, 3.05) is 7.11 Å². The summed E-state index contributed by atoms with van der Waals surface area (Å²) in [5.74, 6) is -0.419. The normalized spacial score (nSPS) is 14.7. The van der Waals surface area contributed by atoms with Crippen molar-refractivity contribution in [3.05, 3.63) is 6.33 Å². The van der Waals surface area contributed by atoms with Gasteiger partial charge in [-0.05, 0) is 0 Å². The Kier molecular flexibility index (Phi) is 4.10. The summed E-state index contributed by atoms with van der Waals surface area (Å²) in [4.78, 5) is 11.2.